The Morgan fingerprint density at radius 1 is 1.78 bits per heavy atom. The van der Waals surface area contributed by atoms with Gasteiger partial charge >= 0.3 is 0 Å². The highest BCUT2D eigenvalue weighted by Gasteiger charge is 2.05. The number of guanidine groups is 1. The van der Waals surface area contributed by atoms with Crippen LogP contribution in [0.1, 0.15) is 12.8 Å². The third kappa shape index (κ3) is 1.42. The lowest BCUT2D eigenvalue weighted by molar-refractivity contribution is 0.415. The van der Waals surface area contributed by atoms with E-state index in [1.165, 1.54) is 5.01 Å². The maximum absolute atomic E-state index is 6.98. The minimum absolute atomic E-state index is 0.0333. The second kappa shape index (κ2) is 2.48. The summed E-state index contributed by atoms with van der Waals surface area (Å²) in [4.78, 5) is 0. The zero-order chi connectivity index (χ0) is 6.69. The van der Waals surface area contributed by atoms with Crippen molar-refractivity contribution in [2.24, 2.45) is 10.8 Å². The molecule has 0 aromatic carbocycles. The minimum Gasteiger partial charge on any atom is -0.369 e. The maximum Gasteiger partial charge on any atom is 0.209 e. The van der Waals surface area contributed by atoms with Crippen molar-refractivity contribution in [2.75, 3.05) is 6.54 Å². The van der Waals surface area contributed by atoms with Crippen LogP contribution in [0, 0.1) is 5.41 Å². The first-order valence-corrected chi connectivity index (χ1v) is 2.94. The Hall–Kier alpha value is -1.06. The van der Waals surface area contributed by atoms with Gasteiger partial charge in [-0.2, -0.15) is 5.10 Å². The number of hydrazone groups is 1. The van der Waals surface area contributed by atoms with Crippen molar-refractivity contribution in [3.05, 3.63) is 0 Å². The molecule has 0 atom stereocenters. The molecule has 1 rings (SSSR count). The summed E-state index contributed by atoms with van der Waals surface area (Å²) in [5.74, 6) is 0.0333. The molecule has 3 N–H and O–H groups in total. The maximum atomic E-state index is 6.98. The molecule has 0 amide bonds. The van der Waals surface area contributed by atoms with E-state index < -0.39 is 0 Å². The van der Waals surface area contributed by atoms with Gasteiger partial charge in [-0.15, -0.1) is 0 Å². The van der Waals surface area contributed by atoms with Crippen molar-refractivity contribution >= 4 is 12.2 Å². The molecule has 50 valence electrons. The van der Waals surface area contributed by atoms with Crippen molar-refractivity contribution in [3.8, 4) is 0 Å². The van der Waals surface area contributed by atoms with Crippen LogP contribution < -0.4 is 5.73 Å². The number of hydrogen-bond acceptors (Lipinski definition) is 2. The SMILES string of the molecule is N=C(N)N1CCCC=N1. The van der Waals surface area contributed by atoms with Crippen LogP contribution in [0.15, 0.2) is 5.10 Å². The summed E-state index contributed by atoms with van der Waals surface area (Å²) in [5.41, 5.74) is 5.16. The van der Waals surface area contributed by atoms with Crippen LogP contribution in [0.2, 0.25) is 0 Å². The zero-order valence-electron chi connectivity index (χ0n) is 5.17. The molecule has 0 aromatic heterocycles. The Morgan fingerprint density at radius 2 is 2.56 bits per heavy atom. The summed E-state index contributed by atoms with van der Waals surface area (Å²) in [6, 6.07) is 0. The van der Waals surface area contributed by atoms with E-state index in [-0.39, 0.29) is 5.96 Å². The topological polar surface area (TPSA) is 65.5 Å². The van der Waals surface area contributed by atoms with Gasteiger partial charge in [0.1, 0.15) is 0 Å². The first kappa shape index (κ1) is 6.07. The van der Waals surface area contributed by atoms with Gasteiger partial charge in [0.2, 0.25) is 5.96 Å². The Bertz CT molecular complexity index is 140. The molecular weight excluding hydrogens is 116 g/mol. The largest absolute Gasteiger partial charge is 0.369 e. The Balaban J connectivity index is 2.50. The Kier molecular flexibility index (Phi) is 1.67. The van der Waals surface area contributed by atoms with Gasteiger partial charge in [-0.05, 0) is 12.8 Å². The van der Waals surface area contributed by atoms with Crippen molar-refractivity contribution in [1.29, 1.82) is 5.41 Å². The lowest BCUT2D eigenvalue weighted by atomic mass is 10.3. The summed E-state index contributed by atoms with van der Waals surface area (Å²) in [7, 11) is 0. The molecule has 4 heteroatoms. The normalized spacial score (nSPS) is 18.0. The highest BCUT2D eigenvalue weighted by atomic mass is 15.5. The molecule has 0 spiro atoms. The van der Waals surface area contributed by atoms with Crippen LogP contribution in [0.4, 0.5) is 0 Å². The van der Waals surface area contributed by atoms with Crippen LogP contribution in [0.5, 0.6) is 0 Å². The molecule has 0 aromatic rings. The quantitative estimate of drug-likeness (QED) is 0.353. The van der Waals surface area contributed by atoms with Crippen LogP contribution in [0.3, 0.4) is 0 Å². The smallest absolute Gasteiger partial charge is 0.209 e. The molecule has 1 aliphatic rings. The average molecular weight is 126 g/mol. The number of nitrogens with one attached hydrogen (secondary N) is 1. The molecule has 9 heavy (non-hydrogen) atoms. The fourth-order valence-electron chi connectivity index (χ4n) is 0.729. The molecule has 0 aliphatic carbocycles. The van der Waals surface area contributed by atoms with Gasteiger partial charge in [-0.25, -0.2) is 5.01 Å². The van der Waals surface area contributed by atoms with Crippen LogP contribution in [-0.4, -0.2) is 23.7 Å². The molecule has 0 saturated heterocycles. The van der Waals surface area contributed by atoms with Crippen molar-refractivity contribution in [1.82, 2.24) is 5.01 Å². The fourth-order valence-corrected chi connectivity index (χ4v) is 0.729. The third-order valence-electron chi connectivity index (χ3n) is 1.20. The molecule has 0 saturated carbocycles. The van der Waals surface area contributed by atoms with Crippen molar-refractivity contribution < 1.29 is 0 Å². The highest BCUT2D eigenvalue weighted by Crippen LogP contribution is 1.99. The molecule has 1 heterocycles. The van der Waals surface area contributed by atoms with Gasteiger partial charge in [0.05, 0.1) is 0 Å². The molecule has 1 aliphatic heterocycles. The second-order valence-corrected chi connectivity index (χ2v) is 1.95. The van der Waals surface area contributed by atoms with E-state index in [0.717, 1.165) is 19.4 Å². The molecule has 0 unspecified atom stereocenters. The van der Waals surface area contributed by atoms with Gasteiger partial charge in [-0.3, -0.25) is 5.41 Å². The minimum atomic E-state index is 0.0333. The van der Waals surface area contributed by atoms with E-state index in [1.807, 2.05) is 0 Å². The highest BCUT2D eigenvalue weighted by molar-refractivity contribution is 5.76. The van der Waals surface area contributed by atoms with Gasteiger partial charge in [0, 0.05) is 12.8 Å². The predicted molar refractivity (Wildman–Crippen MR) is 36.3 cm³/mol. The number of hydrogen-bond donors (Lipinski definition) is 2. The van der Waals surface area contributed by atoms with Gasteiger partial charge in [0.15, 0.2) is 0 Å². The molecule has 4 nitrogen and oxygen atoms in total. The first-order chi connectivity index (χ1) is 4.30. The van der Waals surface area contributed by atoms with E-state index in [0.29, 0.717) is 0 Å². The van der Waals surface area contributed by atoms with E-state index in [1.54, 1.807) is 6.21 Å². The number of nitrogens with two attached hydrogens (primary N) is 1. The van der Waals surface area contributed by atoms with Crippen molar-refractivity contribution in [3.63, 3.8) is 0 Å². The fraction of sp³-hybridized carbons (Fsp3) is 0.600. The van der Waals surface area contributed by atoms with Crippen molar-refractivity contribution in [2.45, 2.75) is 12.8 Å². The van der Waals surface area contributed by atoms with E-state index in [9.17, 15) is 0 Å². The molecule has 0 bridgehead atoms. The summed E-state index contributed by atoms with van der Waals surface area (Å²) >= 11 is 0. The van der Waals surface area contributed by atoms with E-state index in [2.05, 4.69) is 5.10 Å². The third-order valence-corrected chi connectivity index (χ3v) is 1.20. The van der Waals surface area contributed by atoms with Gasteiger partial charge < -0.3 is 5.73 Å². The summed E-state index contributed by atoms with van der Waals surface area (Å²) in [5, 5.41) is 12.4. The summed E-state index contributed by atoms with van der Waals surface area (Å²) < 4.78 is 0. The van der Waals surface area contributed by atoms with Gasteiger partial charge in [0.25, 0.3) is 0 Å². The lowest BCUT2D eigenvalue weighted by Crippen LogP contribution is -2.34. The molecular formula is C5H10N4. The first-order valence-electron chi connectivity index (χ1n) is 2.94. The average Bonchev–Trinajstić information content (AvgIpc) is 1.90. The van der Waals surface area contributed by atoms with E-state index >= 15 is 0 Å². The predicted octanol–water partition coefficient (Wildman–Crippen LogP) is -0.0385. The summed E-state index contributed by atoms with van der Waals surface area (Å²) in [6.07, 6.45) is 3.83. The molecule has 0 radical (unpaired) electrons. The van der Waals surface area contributed by atoms with E-state index in [4.69, 9.17) is 11.1 Å². The lowest BCUT2D eigenvalue weighted by Gasteiger charge is -2.18. The van der Waals surface area contributed by atoms with Crippen LogP contribution in [0.25, 0.3) is 0 Å². The van der Waals surface area contributed by atoms with Crippen LogP contribution in [-0.2, 0) is 0 Å². The summed E-state index contributed by atoms with van der Waals surface area (Å²) in [6.45, 7) is 0.784. The number of nitrogens with zero attached hydrogens (tertiary/aromatic N) is 2. The number of rotatable bonds is 0. The second-order valence-electron chi connectivity index (χ2n) is 1.95. The monoisotopic (exact) mass is 126 g/mol. The van der Waals surface area contributed by atoms with Gasteiger partial charge in [-0.1, -0.05) is 0 Å². The Labute approximate surface area is 53.8 Å². The standard InChI is InChI=1S/C5H10N4/c6-5(7)9-4-2-1-3-8-9/h3H,1-2,4H2,(H3,6,7). The Morgan fingerprint density at radius 3 is 2.89 bits per heavy atom. The zero-order valence-corrected chi connectivity index (χ0v) is 5.17. The van der Waals surface area contributed by atoms with Crippen LogP contribution >= 0.6 is 0 Å². The molecule has 0 fully saturated rings.